The van der Waals surface area contributed by atoms with Gasteiger partial charge < -0.3 is 0 Å². The molecular weight excluding hydrogens is 341 g/mol. The third-order valence-electron chi connectivity index (χ3n) is 5.78. The van der Waals surface area contributed by atoms with Gasteiger partial charge in [-0.2, -0.15) is 5.26 Å². The highest BCUT2D eigenvalue weighted by atomic mass is 19.1. The Morgan fingerprint density at radius 1 is 1.11 bits per heavy atom. The van der Waals surface area contributed by atoms with Crippen molar-refractivity contribution in [1.29, 1.82) is 5.26 Å². The average molecular weight is 367 g/mol. The highest BCUT2D eigenvalue weighted by Crippen LogP contribution is 2.38. The molecular formula is C23H26FNO2. The van der Waals surface area contributed by atoms with E-state index in [4.69, 9.17) is 5.26 Å². The first-order valence-corrected chi connectivity index (χ1v) is 9.75. The zero-order chi connectivity index (χ0) is 19.2. The molecule has 3 nitrogen and oxygen atoms in total. The first-order valence-electron chi connectivity index (χ1n) is 9.75. The summed E-state index contributed by atoms with van der Waals surface area (Å²) < 4.78 is 13.9. The SMILES string of the molecule is CCCC1CCC(c2ccc(C(OO)c3ccc(C#N)c(F)c3)cc2)CC1. The normalized spacial score (nSPS) is 20.8. The molecule has 1 fully saturated rings. The maximum atomic E-state index is 13.9. The Balaban J connectivity index is 1.72. The van der Waals surface area contributed by atoms with Crippen LogP contribution in [0.1, 0.15) is 79.7 Å². The predicted molar refractivity (Wildman–Crippen MR) is 103 cm³/mol. The summed E-state index contributed by atoms with van der Waals surface area (Å²) in [6, 6.07) is 14.1. The monoisotopic (exact) mass is 367 g/mol. The second-order valence-electron chi connectivity index (χ2n) is 7.51. The first kappa shape index (κ1) is 19.5. The molecule has 0 radical (unpaired) electrons. The Kier molecular flexibility index (Phi) is 6.60. The van der Waals surface area contributed by atoms with E-state index in [9.17, 15) is 9.65 Å². The summed E-state index contributed by atoms with van der Waals surface area (Å²) in [5, 5.41) is 18.2. The van der Waals surface area contributed by atoms with E-state index < -0.39 is 11.9 Å². The van der Waals surface area contributed by atoms with Crippen LogP contribution >= 0.6 is 0 Å². The summed E-state index contributed by atoms with van der Waals surface area (Å²) in [6.45, 7) is 2.25. The van der Waals surface area contributed by atoms with Crippen molar-refractivity contribution >= 4 is 0 Å². The molecule has 0 aromatic heterocycles. The molecule has 1 atom stereocenters. The van der Waals surface area contributed by atoms with Crippen LogP contribution < -0.4 is 0 Å². The zero-order valence-corrected chi connectivity index (χ0v) is 15.7. The smallest absolute Gasteiger partial charge is 0.143 e. The van der Waals surface area contributed by atoms with E-state index in [1.807, 2.05) is 12.1 Å². The molecule has 1 N–H and O–H groups in total. The van der Waals surface area contributed by atoms with Crippen molar-refractivity contribution < 1.29 is 14.5 Å². The summed E-state index contributed by atoms with van der Waals surface area (Å²) in [5.74, 6) is 0.856. The highest BCUT2D eigenvalue weighted by Gasteiger charge is 2.23. The molecule has 0 spiro atoms. The topological polar surface area (TPSA) is 53.2 Å². The van der Waals surface area contributed by atoms with Crippen LogP contribution in [0.2, 0.25) is 0 Å². The summed E-state index contributed by atoms with van der Waals surface area (Å²) in [4.78, 5) is 4.63. The van der Waals surface area contributed by atoms with Crippen LogP contribution in [0, 0.1) is 23.1 Å². The molecule has 1 aliphatic rings. The Morgan fingerprint density at radius 3 is 2.33 bits per heavy atom. The van der Waals surface area contributed by atoms with Crippen molar-refractivity contribution in [2.45, 2.75) is 57.5 Å². The first-order chi connectivity index (χ1) is 13.2. The van der Waals surface area contributed by atoms with E-state index in [1.54, 1.807) is 12.1 Å². The van der Waals surface area contributed by atoms with Crippen molar-refractivity contribution in [1.82, 2.24) is 0 Å². The van der Waals surface area contributed by atoms with Gasteiger partial charge in [0.05, 0.1) is 5.56 Å². The van der Waals surface area contributed by atoms with Gasteiger partial charge in [0.15, 0.2) is 0 Å². The fraction of sp³-hybridized carbons (Fsp3) is 0.435. The van der Waals surface area contributed by atoms with Gasteiger partial charge in [0.2, 0.25) is 0 Å². The van der Waals surface area contributed by atoms with Crippen molar-refractivity contribution in [2.75, 3.05) is 0 Å². The van der Waals surface area contributed by atoms with E-state index in [0.29, 0.717) is 11.5 Å². The van der Waals surface area contributed by atoms with Gasteiger partial charge in [0.1, 0.15) is 18.0 Å². The summed E-state index contributed by atoms with van der Waals surface area (Å²) in [7, 11) is 0. The van der Waals surface area contributed by atoms with Gasteiger partial charge in [-0.3, -0.25) is 5.26 Å². The minimum atomic E-state index is -0.776. The quantitative estimate of drug-likeness (QED) is 0.478. The number of rotatable bonds is 6. The lowest BCUT2D eigenvalue weighted by Crippen LogP contribution is -2.13. The molecule has 1 saturated carbocycles. The summed E-state index contributed by atoms with van der Waals surface area (Å²) in [6.07, 6.45) is 6.88. The molecule has 0 amide bonds. The summed E-state index contributed by atoms with van der Waals surface area (Å²) >= 11 is 0. The average Bonchev–Trinajstić information content (AvgIpc) is 2.70. The van der Waals surface area contributed by atoms with Crippen LogP contribution in [0.4, 0.5) is 4.39 Å². The van der Waals surface area contributed by atoms with Gasteiger partial charge in [-0.1, -0.05) is 50.1 Å². The van der Waals surface area contributed by atoms with Gasteiger partial charge in [-0.25, -0.2) is 9.28 Å². The number of nitriles is 1. The van der Waals surface area contributed by atoms with Crippen LogP contribution in [0.3, 0.4) is 0 Å². The van der Waals surface area contributed by atoms with Crippen LogP contribution in [0.15, 0.2) is 42.5 Å². The van der Waals surface area contributed by atoms with E-state index in [1.165, 1.54) is 56.2 Å². The van der Waals surface area contributed by atoms with Crippen molar-refractivity contribution in [2.24, 2.45) is 5.92 Å². The standard InChI is InChI=1S/C23H26FNO2/c1-2-3-16-4-6-17(7-5-16)18-8-10-19(11-9-18)23(27-26)20-12-13-21(15-25)22(24)14-20/h8-14,16-17,23,26H,2-7H2,1H3. The molecule has 142 valence electrons. The predicted octanol–water partition coefficient (Wildman–Crippen LogP) is 6.35. The fourth-order valence-electron chi connectivity index (χ4n) is 4.23. The van der Waals surface area contributed by atoms with Crippen molar-refractivity contribution in [3.63, 3.8) is 0 Å². The maximum absolute atomic E-state index is 13.9. The minimum absolute atomic E-state index is 0.0236. The van der Waals surface area contributed by atoms with E-state index >= 15 is 0 Å². The third kappa shape index (κ3) is 4.55. The molecule has 0 heterocycles. The van der Waals surface area contributed by atoms with Gasteiger partial charge in [-0.05, 0) is 66.3 Å². The van der Waals surface area contributed by atoms with E-state index in [0.717, 1.165) is 11.5 Å². The second-order valence-corrected chi connectivity index (χ2v) is 7.51. The van der Waals surface area contributed by atoms with Crippen LogP contribution in [-0.4, -0.2) is 5.26 Å². The third-order valence-corrected chi connectivity index (χ3v) is 5.78. The van der Waals surface area contributed by atoms with Gasteiger partial charge >= 0.3 is 0 Å². The van der Waals surface area contributed by atoms with Crippen LogP contribution in [0.5, 0.6) is 0 Å². The molecule has 2 aromatic rings. The van der Waals surface area contributed by atoms with Crippen LogP contribution in [-0.2, 0) is 4.89 Å². The Morgan fingerprint density at radius 2 is 1.78 bits per heavy atom. The second kappa shape index (κ2) is 9.12. The van der Waals surface area contributed by atoms with Gasteiger partial charge in [-0.15, -0.1) is 0 Å². The molecule has 1 aliphatic carbocycles. The Labute approximate surface area is 160 Å². The number of benzene rings is 2. The molecule has 0 bridgehead atoms. The molecule has 0 aliphatic heterocycles. The lowest BCUT2D eigenvalue weighted by atomic mass is 9.77. The molecule has 2 aromatic carbocycles. The largest absolute Gasteiger partial charge is 0.251 e. The highest BCUT2D eigenvalue weighted by molar-refractivity contribution is 5.38. The number of halogens is 1. The molecule has 27 heavy (non-hydrogen) atoms. The van der Waals surface area contributed by atoms with Gasteiger partial charge in [0.25, 0.3) is 0 Å². The van der Waals surface area contributed by atoms with Crippen molar-refractivity contribution in [3.05, 3.63) is 70.5 Å². The number of nitrogens with zero attached hydrogens (tertiary/aromatic N) is 1. The fourth-order valence-corrected chi connectivity index (χ4v) is 4.23. The lowest BCUT2D eigenvalue weighted by molar-refractivity contribution is -0.270. The zero-order valence-electron chi connectivity index (χ0n) is 15.7. The summed E-state index contributed by atoms with van der Waals surface area (Å²) in [5.41, 5.74) is 2.52. The van der Waals surface area contributed by atoms with Gasteiger partial charge in [0, 0.05) is 0 Å². The van der Waals surface area contributed by atoms with E-state index in [2.05, 4.69) is 23.9 Å². The molecule has 0 saturated heterocycles. The number of hydrogen-bond acceptors (Lipinski definition) is 3. The molecule has 3 rings (SSSR count). The molecule has 4 heteroatoms. The minimum Gasteiger partial charge on any atom is -0.251 e. The lowest BCUT2D eigenvalue weighted by Gasteiger charge is -2.28. The van der Waals surface area contributed by atoms with Crippen molar-refractivity contribution in [3.8, 4) is 6.07 Å². The maximum Gasteiger partial charge on any atom is 0.143 e. The molecule has 1 unspecified atom stereocenters. The van der Waals surface area contributed by atoms with E-state index in [-0.39, 0.29) is 5.56 Å². The van der Waals surface area contributed by atoms with Crippen LogP contribution in [0.25, 0.3) is 0 Å². The number of hydrogen-bond donors (Lipinski definition) is 1. The Bertz CT molecular complexity index is 789. The Hall–Kier alpha value is -2.22.